The highest BCUT2D eigenvalue weighted by Crippen LogP contribution is 2.21. The van der Waals surface area contributed by atoms with Crippen molar-refractivity contribution in [3.8, 4) is 17.1 Å². The van der Waals surface area contributed by atoms with E-state index in [-0.39, 0.29) is 12.0 Å². The van der Waals surface area contributed by atoms with E-state index in [4.69, 9.17) is 0 Å². The molecule has 0 unspecified atom stereocenters. The number of benzene rings is 2. The highest BCUT2D eigenvalue weighted by atomic mass is 16.4. The van der Waals surface area contributed by atoms with E-state index in [1.54, 1.807) is 0 Å². The van der Waals surface area contributed by atoms with Gasteiger partial charge in [0.1, 0.15) is 0 Å². The first-order valence-corrected chi connectivity index (χ1v) is 9.66. The molecule has 0 aliphatic heterocycles. The second-order valence-electron chi connectivity index (χ2n) is 7.49. The molecule has 1 aromatic heterocycles. The molecule has 0 saturated heterocycles. The van der Waals surface area contributed by atoms with Gasteiger partial charge >= 0.3 is 12.0 Å². The second kappa shape index (κ2) is 9.36. The van der Waals surface area contributed by atoms with Crippen LogP contribution in [-0.2, 0) is 11.2 Å². The number of nitrogens with zero attached hydrogens (tertiary/aromatic N) is 2. The van der Waals surface area contributed by atoms with Crippen LogP contribution in [0.15, 0.2) is 67.0 Å². The zero-order valence-electron chi connectivity index (χ0n) is 16.9. The van der Waals surface area contributed by atoms with Crippen molar-refractivity contribution >= 4 is 11.9 Å². The number of aromatic hydroxyl groups is 1. The molecule has 1 heterocycles. The van der Waals surface area contributed by atoms with Crippen LogP contribution < -0.4 is 5.32 Å². The monoisotopic (exact) mass is 421 g/mol. The molecule has 8 heteroatoms. The van der Waals surface area contributed by atoms with Crippen LogP contribution in [0.3, 0.4) is 0 Å². The topological polar surface area (TPSA) is 133 Å². The molecule has 160 valence electrons. The predicted octanol–water partition coefficient (Wildman–Crippen LogP) is 2.42. The van der Waals surface area contributed by atoms with E-state index in [0.717, 1.165) is 16.7 Å². The average molecular weight is 421 g/mol. The molecule has 0 bridgehead atoms. The molecular formula is C23H23N3O5. The summed E-state index contributed by atoms with van der Waals surface area (Å²) < 4.78 is 0. The van der Waals surface area contributed by atoms with Gasteiger partial charge in [0.2, 0.25) is 0 Å². The molecule has 2 aromatic carbocycles. The number of nitrogens with one attached hydrogen (secondary N) is 1. The van der Waals surface area contributed by atoms with E-state index in [2.05, 4.69) is 15.3 Å². The van der Waals surface area contributed by atoms with Crippen molar-refractivity contribution in [2.45, 2.75) is 31.4 Å². The largest absolute Gasteiger partial charge is 0.479 e. The lowest BCUT2D eigenvalue weighted by Crippen LogP contribution is -2.46. The Morgan fingerprint density at radius 2 is 1.58 bits per heavy atom. The number of carbonyl (C=O) groups excluding carboxylic acids is 1. The molecule has 0 saturated carbocycles. The average Bonchev–Trinajstić information content (AvgIpc) is 2.75. The molecule has 0 aliphatic rings. The van der Waals surface area contributed by atoms with Crippen molar-refractivity contribution in [1.29, 1.82) is 0 Å². The number of carbonyl (C=O) groups is 2. The summed E-state index contributed by atoms with van der Waals surface area (Å²) in [5, 5.41) is 31.5. The number of aliphatic carboxylic acids is 1. The van der Waals surface area contributed by atoms with Gasteiger partial charge in [-0.05, 0) is 30.0 Å². The van der Waals surface area contributed by atoms with Crippen LogP contribution in [0.1, 0.15) is 29.3 Å². The van der Waals surface area contributed by atoms with Gasteiger partial charge in [-0.15, -0.1) is 0 Å². The zero-order valence-corrected chi connectivity index (χ0v) is 16.9. The van der Waals surface area contributed by atoms with Crippen molar-refractivity contribution < 1.29 is 24.9 Å². The molecule has 0 spiro atoms. The number of rotatable bonds is 8. The van der Waals surface area contributed by atoms with Crippen molar-refractivity contribution in [3.05, 3.63) is 78.1 Å². The van der Waals surface area contributed by atoms with Gasteiger partial charge in [0, 0.05) is 24.9 Å². The van der Waals surface area contributed by atoms with Gasteiger partial charge in [0.15, 0.2) is 5.60 Å². The third-order valence-corrected chi connectivity index (χ3v) is 4.88. The lowest BCUT2D eigenvalue weighted by atomic mass is 9.92. The van der Waals surface area contributed by atoms with Gasteiger partial charge in [-0.3, -0.25) is 4.79 Å². The minimum atomic E-state index is -2.02. The van der Waals surface area contributed by atoms with Crippen LogP contribution in [0.5, 0.6) is 6.01 Å². The van der Waals surface area contributed by atoms with E-state index in [1.165, 1.54) is 19.3 Å². The minimum absolute atomic E-state index is 0.109. The number of carboxylic acids is 1. The number of aromatic nitrogens is 2. The first kappa shape index (κ1) is 21.9. The van der Waals surface area contributed by atoms with Crippen LogP contribution in [0, 0.1) is 0 Å². The van der Waals surface area contributed by atoms with Crippen LogP contribution in [0.4, 0.5) is 0 Å². The van der Waals surface area contributed by atoms with Crippen molar-refractivity contribution in [2.24, 2.45) is 0 Å². The van der Waals surface area contributed by atoms with E-state index in [1.807, 2.05) is 54.6 Å². The summed E-state index contributed by atoms with van der Waals surface area (Å²) >= 11 is 0. The van der Waals surface area contributed by atoms with Gasteiger partial charge in [0.05, 0.1) is 5.56 Å². The van der Waals surface area contributed by atoms with Gasteiger partial charge in [-0.2, -0.15) is 0 Å². The summed E-state index contributed by atoms with van der Waals surface area (Å²) in [5.74, 6) is -1.91. The van der Waals surface area contributed by atoms with E-state index >= 15 is 0 Å². The number of hydrogen-bond donors (Lipinski definition) is 4. The number of aliphatic hydroxyl groups is 1. The minimum Gasteiger partial charge on any atom is -0.479 e. The molecular weight excluding hydrogens is 398 g/mol. The quantitative estimate of drug-likeness (QED) is 0.439. The van der Waals surface area contributed by atoms with Gasteiger partial charge in [0.25, 0.3) is 5.91 Å². The predicted molar refractivity (Wildman–Crippen MR) is 113 cm³/mol. The number of amides is 1. The highest BCUT2D eigenvalue weighted by molar-refractivity contribution is 5.93. The molecule has 3 rings (SSSR count). The van der Waals surface area contributed by atoms with Gasteiger partial charge < -0.3 is 20.6 Å². The first-order valence-electron chi connectivity index (χ1n) is 9.66. The first-order chi connectivity index (χ1) is 14.7. The fraction of sp³-hybridized carbons (Fsp3) is 0.217. The normalized spacial score (nSPS) is 13.7. The standard InChI is InChI=1S/C23H23N3O5/c1-23(31,21(28)29)12-19(26-20(27)18-13-24-22(30)25-14-18)11-15-7-9-17(10-8-15)16-5-3-2-4-6-16/h2-10,13-14,19,31H,11-12H2,1H3,(H,26,27)(H,28,29)(H,24,25,30)/t19-,23+/m1/s1. The Hall–Kier alpha value is -3.78. The highest BCUT2D eigenvalue weighted by Gasteiger charge is 2.34. The Morgan fingerprint density at radius 3 is 2.16 bits per heavy atom. The van der Waals surface area contributed by atoms with E-state index < -0.39 is 29.5 Å². The molecule has 0 fully saturated rings. The van der Waals surface area contributed by atoms with Gasteiger partial charge in [-0.1, -0.05) is 54.6 Å². The molecule has 2 atom stereocenters. The molecule has 4 N–H and O–H groups in total. The third kappa shape index (κ3) is 5.86. The third-order valence-electron chi connectivity index (χ3n) is 4.88. The van der Waals surface area contributed by atoms with Crippen molar-refractivity contribution in [3.63, 3.8) is 0 Å². The maximum absolute atomic E-state index is 12.5. The maximum atomic E-state index is 12.5. The SMILES string of the molecule is C[C@](O)(C[C@@H](Cc1ccc(-c2ccccc2)cc1)NC(=O)c1cnc(O)nc1)C(=O)O. The Bertz CT molecular complexity index is 1040. The zero-order chi connectivity index (χ0) is 22.4. The summed E-state index contributed by atoms with van der Waals surface area (Å²) in [5.41, 5.74) is 1.06. The fourth-order valence-electron chi connectivity index (χ4n) is 3.20. The van der Waals surface area contributed by atoms with Crippen molar-refractivity contribution in [2.75, 3.05) is 0 Å². The Morgan fingerprint density at radius 1 is 1.00 bits per heavy atom. The fourth-order valence-corrected chi connectivity index (χ4v) is 3.20. The Kier molecular flexibility index (Phi) is 6.61. The Labute approximate surface area is 179 Å². The molecule has 1 amide bonds. The molecule has 0 aliphatic carbocycles. The smallest absolute Gasteiger partial charge is 0.335 e. The summed E-state index contributed by atoms with van der Waals surface area (Å²) in [4.78, 5) is 31.1. The second-order valence-corrected chi connectivity index (χ2v) is 7.49. The summed E-state index contributed by atoms with van der Waals surface area (Å²) in [6, 6.07) is 16.4. The lowest BCUT2D eigenvalue weighted by molar-refractivity contribution is -0.157. The van der Waals surface area contributed by atoms with Crippen LogP contribution >= 0.6 is 0 Å². The van der Waals surface area contributed by atoms with Crippen LogP contribution in [0.2, 0.25) is 0 Å². The number of carboxylic acid groups (broad SMARTS) is 1. The van der Waals surface area contributed by atoms with E-state index in [9.17, 15) is 24.9 Å². The van der Waals surface area contributed by atoms with Crippen LogP contribution in [0.25, 0.3) is 11.1 Å². The summed E-state index contributed by atoms with van der Waals surface area (Å²) in [7, 11) is 0. The van der Waals surface area contributed by atoms with Crippen LogP contribution in [-0.4, -0.2) is 48.8 Å². The summed E-state index contributed by atoms with van der Waals surface area (Å²) in [6.07, 6.45) is 2.44. The number of hydrogen-bond acceptors (Lipinski definition) is 6. The maximum Gasteiger partial charge on any atom is 0.335 e. The molecule has 31 heavy (non-hydrogen) atoms. The summed E-state index contributed by atoms with van der Waals surface area (Å²) in [6.45, 7) is 1.19. The Balaban J connectivity index is 1.78. The van der Waals surface area contributed by atoms with Crippen molar-refractivity contribution in [1.82, 2.24) is 15.3 Å². The molecule has 3 aromatic rings. The lowest BCUT2D eigenvalue weighted by Gasteiger charge is -2.26. The van der Waals surface area contributed by atoms with E-state index in [0.29, 0.717) is 6.42 Å². The molecule has 0 radical (unpaired) electrons. The molecule has 8 nitrogen and oxygen atoms in total. The van der Waals surface area contributed by atoms with Gasteiger partial charge in [-0.25, -0.2) is 14.8 Å².